The van der Waals surface area contributed by atoms with Crippen LogP contribution in [0.15, 0.2) is 0 Å². The molecule has 1 saturated carbocycles. The van der Waals surface area contributed by atoms with Crippen LogP contribution in [-0.2, 0) is 23.7 Å². The molecule has 17 nitrogen and oxygen atoms in total. The molecule has 0 radical (unpaired) electrons. The molecule has 0 amide bonds. The van der Waals surface area contributed by atoms with E-state index in [0.717, 1.165) is 0 Å². The summed E-state index contributed by atoms with van der Waals surface area (Å²) in [5.74, 6) is -6.35. The number of aliphatic hydroxyl groups is 6. The summed E-state index contributed by atoms with van der Waals surface area (Å²) in [7, 11) is 0. The van der Waals surface area contributed by atoms with E-state index in [1.165, 1.54) is 0 Å². The molecule has 3 rings (SSSR count). The van der Waals surface area contributed by atoms with Crippen LogP contribution in [0.2, 0.25) is 0 Å². The Morgan fingerprint density at radius 2 is 1.60 bits per heavy atom. The van der Waals surface area contributed by atoms with Gasteiger partial charge >= 0.3 is 0 Å². The summed E-state index contributed by atoms with van der Waals surface area (Å²) in [6.45, 7) is -1.21. The van der Waals surface area contributed by atoms with Crippen molar-refractivity contribution < 1.29 is 63.2 Å². The summed E-state index contributed by atoms with van der Waals surface area (Å²) in [5, 5.41) is 65.8. The first-order chi connectivity index (χ1) is 21.2. The highest BCUT2D eigenvalue weighted by atomic mass is 19.3. The molecule has 0 aromatic rings. The average molecular weight is 661 g/mol. The Bertz CT molecular complexity index is 933. The third-order valence-corrected chi connectivity index (χ3v) is 8.68. The van der Waals surface area contributed by atoms with Crippen molar-refractivity contribution in [3.63, 3.8) is 0 Å². The number of Topliss-reactive ketones (excluding diaryl/α,β-unsaturated/α-hetero) is 1. The van der Waals surface area contributed by atoms with Gasteiger partial charge in [-0.1, -0.05) is 0 Å². The summed E-state index contributed by atoms with van der Waals surface area (Å²) in [6, 6.07) is -2.97. The Hall–Kier alpha value is -1.11. The van der Waals surface area contributed by atoms with E-state index in [0.29, 0.717) is 19.5 Å². The number of rotatable bonds is 15. The van der Waals surface area contributed by atoms with Crippen LogP contribution in [0.5, 0.6) is 0 Å². The highest BCUT2D eigenvalue weighted by molar-refractivity contribution is 5.84. The number of aliphatic hydroxyl groups excluding tert-OH is 6. The minimum absolute atomic E-state index is 0.0451. The molecule has 2 aliphatic heterocycles. The predicted molar refractivity (Wildman–Crippen MR) is 151 cm³/mol. The maximum Gasteiger partial charge on any atom is 0.292 e. The van der Waals surface area contributed by atoms with Crippen LogP contribution in [0, 0.1) is 5.92 Å². The van der Waals surface area contributed by atoms with Crippen molar-refractivity contribution in [1.29, 1.82) is 0 Å². The van der Waals surface area contributed by atoms with Gasteiger partial charge in [0.25, 0.3) is 5.92 Å². The van der Waals surface area contributed by atoms with E-state index in [4.69, 9.17) is 47.6 Å². The van der Waals surface area contributed by atoms with Gasteiger partial charge in [-0.2, -0.15) is 0 Å². The second-order valence-electron chi connectivity index (χ2n) is 12.0. The fourth-order valence-corrected chi connectivity index (χ4v) is 5.95. The first kappa shape index (κ1) is 38.3. The Balaban J connectivity index is 1.88. The van der Waals surface area contributed by atoms with Crippen LogP contribution in [0.1, 0.15) is 25.7 Å². The lowest BCUT2D eigenvalue weighted by atomic mass is 9.76. The molecule has 2 heterocycles. The molecule has 1 aliphatic carbocycles. The fourth-order valence-electron chi connectivity index (χ4n) is 5.95. The number of hydrogen-bond acceptors (Lipinski definition) is 17. The average Bonchev–Trinajstić information content (AvgIpc) is 3.01. The number of alkyl halides is 2. The molecular formula is C26H50F2N6O11. The van der Waals surface area contributed by atoms with E-state index < -0.39 is 123 Å². The number of carbonyl (C=O) groups excluding carboxylic acids is 1. The largest absolute Gasteiger partial charge is 0.394 e. The van der Waals surface area contributed by atoms with Crippen molar-refractivity contribution in [1.82, 2.24) is 5.32 Å². The van der Waals surface area contributed by atoms with E-state index in [1.54, 1.807) is 0 Å². The molecule has 0 bridgehead atoms. The summed E-state index contributed by atoms with van der Waals surface area (Å²) < 4.78 is 51.6. The number of nitrogens with one attached hydrogen (secondary N) is 1. The summed E-state index contributed by atoms with van der Waals surface area (Å²) in [4.78, 5) is 12.8. The third-order valence-electron chi connectivity index (χ3n) is 8.68. The predicted octanol–water partition coefficient (Wildman–Crippen LogP) is -6.11. The zero-order valence-electron chi connectivity index (χ0n) is 24.9. The molecule has 3 aliphatic rings. The summed E-state index contributed by atoms with van der Waals surface area (Å²) in [5.41, 5.74) is 28.6. The van der Waals surface area contributed by atoms with Crippen LogP contribution in [0.3, 0.4) is 0 Å². The zero-order valence-corrected chi connectivity index (χ0v) is 24.9. The number of carbonyl (C=O) groups is 1. The maximum atomic E-state index is 14.1. The zero-order chi connectivity index (χ0) is 33.6. The second kappa shape index (κ2) is 16.8. The van der Waals surface area contributed by atoms with Crippen LogP contribution < -0.4 is 34.0 Å². The maximum absolute atomic E-state index is 14.1. The number of halogens is 2. The SMILES string of the molecule is NCCCN[C@@H]1C[C@H](O)[C@@H](CN)O[C@@H]1O[C@H]1[C@H](O)[C@@H](O[C@H]2O[C@H](CO)[C@@H](O)[C@H](N)[C@H]2O)[C@H](CC(=O)C(O)C(F)(F)CN)C[C@@H]1N. The molecule has 1 unspecified atom stereocenters. The van der Waals surface area contributed by atoms with Gasteiger partial charge in [0.05, 0.1) is 43.5 Å². The van der Waals surface area contributed by atoms with Gasteiger partial charge in [-0.15, -0.1) is 0 Å². The van der Waals surface area contributed by atoms with Crippen molar-refractivity contribution in [2.75, 3.05) is 32.8 Å². The topological polar surface area (TPSA) is 317 Å². The number of nitrogens with two attached hydrogens (primary N) is 5. The Morgan fingerprint density at radius 1 is 0.956 bits per heavy atom. The molecule has 264 valence electrons. The molecule has 2 saturated heterocycles. The van der Waals surface area contributed by atoms with Gasteiger partial charge in [0.1, 0.15) is 30.5 Å². The lowest BCUT2D eigenvalue weighted by molar-refractivity contribution is -0.320. The lowest BCUT2D eigenvalue weighted by Gasteiger charge is -2.49. The molecule has 3 fully saturated rings. The highest BCUT2D eigenvalue weighted by Gasteiger charge is 2.52. The van der Waals surface area contributed by atoms with E-state index in [1.807, 2.05) is 0 Å². The monoisotopic (exact) mass is 660 g/mol. The van der Waals surface area contributed by atoms with E-state index in [-0.39, 0.29) is 19.4 Å². The standard InChI is InChI=1S/C26H50F2N6O11/c27-26(28,9-31)23(41)14(37)5-10-4-11(32)22(45-24-12(34-3-1-2-29)6-13(36)15(7-30)42-24)20(40)21(10)44-25-19(39)17(33)18(38)16(8-35)43-25/h10-13,15-25,34-36,38-41H,1-9,29-33H2/t10-,11-,12+,13-,15+,16+,17-,18+,19+,20+,21-,22+,23?,24+,25+/m0/s1. The summed E-state index contributed by atoms with van der Waals surface area (Å²) in [6.07, 6.45) is -16.3. The van der Waals surface area contributed by atoms with Gasteiger partial charge in [-0.25, -0.2) is 8.78 Å². The van der Waals surface area contributed by atoms with Crippen molar-refractivity contribution >= 4 is 5.78 Å². The molecule has 0 aromatic heterocycles. The molecular weight excluding hydrogens is 610 g/mol. The molecule has 0 aromatic carbocycles. The van der Waals surface area contributed by atoms with Gasteiger partial charge < -0.3 is 83.6 Å². The van der Waals surface area contributed by atoms with Crippen LogP contribution >= 0.6 is 0 Å². The van der Waals surface area contributed by atoms with E-state index >= 15 is 0 Å². The second-order valence-corrected chi connectivity index (χ2v) is 12.0. The van der Waals surface area contributed by atoms with Gasteiger partial charge in [-0.3, -0.25) is 4.79 Å². The van der Waals surface area contributed by atoms with Crippen molar-refractivity contribution in [3.8, 4) is 0 Å². The van der Waals surface area contributed by atoms with E-state index in [2.05, 4.69) is 5.32 Å². The minimum atomic E-state index is -3.93. The van der Waals surface area contributed by atoms with Crippen LogP contribution in [-0.4, -0.2) is 161 Å². The third kappa shape index (κ3) is 9.08. The number of ketones is 1. The Kier molecular flexibility index (Phi) is 14.3. The quantitative estimate of drug-likeness (QED) is 0.0727. The molecule has 17 N–H and O–H groups in total. The highest BCUT2D eigenvalue weighted by Crippen LogP contribution is 2.36. The smallest absolute Gasteiger partial charge is 0.292 e. The van der Waals surface area contributed by atoms with Gasteiger partial charge in [0.2, 0.25) is 0 Å². The van der Waals surface area contributed by atoms with Gasteiger partial charge in [0, 0.05) is 19.0 Å². The van der Waals surface area contributed by atoms with E-state index in [9.17, 15) is 44.2 Å². The number of hydrogen-bond donors (Lipinski definition) is 12. The lowest BCUT2D eigenvalue weighted by Crippen LogP contribution is -2.66. The molecule has 0 spiro atoms. The van der Waals surface area contributed by atoms with Crippen molar-refractivity contribution in [2.24, 2.45) is 34.6 Å². The van der Waals surface area contributed by atoms with Gasteiger partial charge in [-0.05, 0) is 38.3 Å². The Labute approximate surface area is 259 Å². The molecule has 15 atom stereocenters. The normalized spacial score (nSPS) is 42.0. The first-order valence-corrected chi connectivity index (χ1v) is 15.1. The van der Waals surface area contributed by atoms with Crippen molar-refractivity contribution in [3.05, 3.63) is 0 Å². The van der Waals surface area contributed by atoms with Crippen LogP contribution in [0.4, 0.5) is 8.78 Å². The molecule has 45 heavy (non-hydrogen) atoms. The number of ether oxygens (including phenoxy) is 4. The van der Waals surface area contributed by atoms with Gasteiger partial charge in [0.15, 0.2) is 24.5 Å². The van der Waals surface area contributed by atoms with Crippen molar-refractivity contribution in [2.45, 2.75) is 117 Å². The first-order valence-electron chi connectivity index (χ1n) is 15.1. The Morgan fingerprint density at radius 3 is 2.20 bits per heavy atom. The van der Waals surface area contributed by atoms with Crippen LogP contribution in [0.25, 0.3) is 0 Å². The fraction of sp³-hybridized carbons (Fsp3) is 0.962. The molecule has 19 heteroatoms. The summed E-state index contributed by atoms with van der Waals surface area (Å²) >= 11 is 0. The minimum Gasteiger partial charge on any atom is -0.394 e.